The number of fused-ring (bicyclic) bond motifs is 1. The van der Waals surface area contributed by atoms with Gasteiger partial charge in [0.05, 0.1) is 23.0 Å². The SMILES string of the molecule is CCC1CNc2ccc(C#N)cc2N1C. The van der Waals surface area contributed by atoms with Crippen LogP contribution in [0.5, 0.6) is 0 Å². The summed E-state index contributed by atoms with van der Waals surface area (Å²) in [5.74, 6) is 0. The van der Waals surface area contributed by atoms with Crippen molar-refractivity contribution in [2.75, 3.05) is 23.8 Å². The molecule has 1 N–H and O–H groups in total. The predicted molar refractivity (Wildman–Crippen MR) is 62.1 cm³/mol. The highest BCUT2D eigenvalue weighted by Crippen LogP contribution is 2.31. The average molecular weight is 201 g/mol. The van der Waals surface area contributed by atoms with Crippen LogP contribution in [0, 0.1) is 11.3 Å². The molecule has 1 aromatic carbocycles. The fraction of sp³-hybridized carbons (Fsp3) is 0.417. The van der Waals surface area contributed by atoms with E-state index in [0.717, 1.165) is 29.9 Å². The highest BCUT2D eigenvalue weighted by molar-refractivity contribution is 5.74. The number of nitrogens with zero attached hydrogens (tertiary/aromatic N) is 2. The van der Waals surface area contributed by atoms with Crippen LogP contribution in [0.1, 0.15) is 18.9 Å². The zero-order valence-corrected chi connectivity index (χ0v) is 9.12. The lowest BCUT2D eigenvalue weighted by molar-refractivity contribution is 0.622. The molecule has 0 amide bonds. The number of hydrogen-bond acceptors (Lipinski definition) is 3. The van der Waals surface area contributed by atoms with Crippen molar-refractivity contribution in [1.29, 1.82) is 5.26 Å². The van der Waals surface area contributed by atoms with Gasteiger partial charge in [0.2, 0.25) is 0 Å². The first-order chi connectivity index (χ1) is 7.26. The maximum absolute atomic E-state index is 8.86. The maximum atomic E-state index is 8.86. The second-order valence-electron chi connectivity index (χ2n) is 3.90. The first kappa shape index (κ1) is 9.85. The van der Waals surface area contributed by atoms with E-state index in [4.69, 9.17) is 5.26 Å². The lowest BCUT2D eigenvalue weighted by Gasteiger charge is -2.36. The third-order valence-corrected chi connectivity index (χ3v) is 3.05. The van der Waals surface area contributed by atoms with Gasteiger partial charge in [0, 0.05) is 19.6 Å². The van der Waals surface area contributed by atoms with Gasteiger partial charge < -0.3 is 10.2 Å². The van der Waals surface area contributed by atoms with E-state index >= 15 is 0 Å². The Hall–Kier alpha value is -1.69. The predicted octanol–water partition coefficient (Wildman–Crippen LogP) is 2.20. The Labute approximate surface area is 90.3 Å². The van der Waals surface area contributed by atoms with Crippen molar-refractivity contribution in [3.05, 3.63) is 23.8 Å². The molecule has 3 nitrogen and oxygen atoms in total. The molecular formula is C12H15N3. The molecule has 2 rings (SSSR count). The van der Waals surface area contributed by atoms with Gasteiger partial charge in [0.15, 0.2) is 0 Å². The molecule has 78 valence electrons. The summed E-state index contributed by atoms with van der Waals surface area (Å²) < 4.78 is 0. The standard InChI is InChI=1S/C12H15N3/c1-3-10-8-14-11-5-4-9(7-13)6-12(11)15(10)2/h4-6,10,14H,3,8H2,1-2H3. The lowest BCUT2D eigenvalue weighted by Crippen LogP contribution is -2.40. The number of hydrogen-bond donors (Lipinski definition) is 1. The molecule has 15 heavy (non-hydrogen) atoms. The van der Waals surface area contributed by atoms with E-state index in [9.17, 15) is 0 Å². The van der Waals surface area contributed by atoms with Crippen LogP contribution in [0.2, 0.25) is 0 Å². The van der Waals surface area contributed by atoms with E-state index in [2.05, 4.69) is 30.3 Å². The molecule has 0 bridgehead atoms. The zero-order valence-electron chi connectivity index (χ0n) is 9.12. The van der Waals surface area contributed by atoms with Gasteiger partial charge in [-0.15, -0.1) is 0 Å². The Balaban J connectivity index is 2.41. The van der Waals surface area contributed by atoms with Crippen LogP contribution < -0.4 is 10.2 Å². The molecule has 1 aliphatic heterocycles. The fourth-order valence-electron chi connectivity index (χ4n) is 2.02. The third kappa shape index (κ3) is 1.63. The van der Waals surface area contributed by atoms with E-state index in [0.29, 0.717) is 6.04 Å². The summed E-state index contributed by atoms with van der Waals surface area (Å²) in [6.07, 6.45) is 1.11. The first-order valence-corrected chi connectivity index (χ1v) is 5.27. The molecule has 0 radical (unpaired) electrons. The molecule has 1 unspecified atom stereocenters. The van der Waals surface area contributed by atoms with Gasteiger partial charge in [-0.3, -0.25) is 0 Å². The van der Waals surface area contributed by atoms with Crippen molar-refractivity contribution in [2.45, 2.75) is 19.4 Å². The number of benzene rings is 1. The minimum absolute atomic E-state index is 0.520. The zero-order chi connectivity index (χ0) is 10.8. The van der Waals surface area contributed by atoms with Crippen LogP contribution in [0.3, 0.4) is 0 Å². The maximum Gasteiger partial charge on any atom is 0.0992 e. The molecule has 0 spiro atoms. The molecule has 0 aromatic heterocycles. The van der Waals surface area contributed by atoms with E-state index in [1.54, 1.807) is 0 Å². The van der Waals surface area contributed by atoms with Crippen LogP contribution >= 0.6 is 0 Å². The third-order valence-electron chi connectivity index (χ3n) is 3.05. The highest BCUT2D eigenvalue weighted by atomic mass is 15.2. The minimum Gasteiger partial charge on any atom is -0.381 e. The van der Waals surface area contributed by atoms with Gasteiger partial charge >= 0.3 is 0 Å². The van der Waals surface area contributed by atoms with Crippen molar-refractivity contribution in [1.82, 2.24) is 0 Å². The Morgan fingerprint density at radius 3 is 3.07 bits per heavy atom. The Morgan fingerprint density at radius 2 is 2.40 bits per heavy atom. The summed E-state index contributed by atoms with van der Waals surface area (Å²) in [6, 6.07) is 8.48. The van der Waals surface area contributed by atoms with Crippen molar-refractivity contribution < 1.29 is 0 Å². The molecule has 0 aliphatic carbocycles. The largest absolute Gasteiger partial charge is 0.381 e. The minimum atomic E-state index is 0.520. The van der Waals surface area contributed by atoms with E-state index in [1.807, 2.05) is 18.2 Å². The Morgan fingerprint density at radius 1 is 1.60 bits per heavy atom. The van der Waals surface area contributed by atoms with Gasteiger partial charge in [-0.05, 0) is 24.6 Å². The Kier molecular flexibility index (Phi) is 2.51. The molecule has 1 atom stereocenters. The van der Waals surface area contributed by atoms with Crippen LogP contribution in [-0.2, 0) is 0 Å². The Bertz CT molecular complexity index is 406. The monoisotopic (exact) mass is 201 g/mol. The summed E-state index contributed by atoms with van der Waals surface area (Å²) in [5, 5.41) is 12.3. The summed E-state index contributed by atoms with van der Waals surface area (Å²) >= 11 is 0. The molecular weight excluding hydrogens is 186 g/mol. The number of likely N-dealkylation sites (N-methyl/N-ethyl adjacent to an activating group) is 1. The van der Waals surface area contributed by atoms with Crippen molar-refractivity contribution in [3.63, 3.8) is 0 Å². The molecule has 1 aromatic rings. The molecule has 0 saturated carbocycles. The van der Waals surface area contributed by atoms with Gasteiger partial charge in [-0.2, -0.15) is 5.26 Å². The van der Waals surface area contributed by atoms with Crippen LogP contribution in [0.25, 0.3) is 0 Å². The lowest BCUT2D eigenvalue weighted by atomic mass is 10.1. The molecule has 0 saturated heterocycles. The second kappa shape index (κ2) is 3.82. The number of anilines is 2. The molecule has 1 aliphatic rings. The molecule has 1 heterocycles. The summed E-state index contributed by atoms with van der Waals surface area (Å²) in [6.45, 7) is 3.16. The normalized spacial score (nSPS) is 19.0. The highest BCUT2D eigenvalue weighted by Gasteiger charge is 2.21. The summed E-state index contributed by atoms with van der Waals surface area (Å²) in [4.78, 5) is 2.26. The molecule has 3 heteroatoms. The first-order valence-electron chi connectivity index (χ1n) is 5.27. The van der Waals surface area contributed by atoms with E-state index < -0.39 is 0 Å². The average Bonchev–Trinajstić information content (AvgIpc) is 2.29. The van der Waals surface area contributed by atoms with Gasteiger partial charge in [-0.25, -0.2) is 0 Å². The van der Waals surface area contributed by atoms with E-state index in [-0.39, 0.29) is 0 Å². The van der Waals surface area contributed by atoms with Gasteiger partial charge in [0.25, 0.3) is 0 Å². The topological polar surface area (TPSA) is 39.1 Å². The molecule has 0 fully saturated rings. The number of nitriles is 1. The smallest absolute Gasteiger partial charge is 0.0992 e. The fourth-order valence-corrected chi connectivity index (χ4v) is 2.02. The van der Waals surface area contributed by atoms with Crippen molar-refractivity contribution >= 4 is 11.4 Å². The van der Waals surface area contributed by atoms with Crippen LogP contribution in [0.4, 0.5) is 11.4 Å². The number of rotatable bonds is 1. The summed E-state index contributed by atoms with van der Waals surface area (Å²) in [5.41, 5.74) is 2.98. The number of nitrogens with one attached hydrogen (secondary N) is 1. The second-order valence-corrected chi connectivity index (χ2v) is 3.90. The van der Waals surface area contributed by atoms with E-state index in [1.165, 1.54) is 0 Å². The van der Waals surface area contributed by atoms with Crippen molar-refractivity contribution in [3.8, 4) is 6.07 Å². The summed E-state index contributed by atoms with van der Waals surface area (Å²) in [7, 11) is 2.09. The van der Waals surface area contributed by atoms with Gasteiger partial charge in [0.1, 0.15) is 0 Å². The van der Waals surface area contributed by atoms with Gasteiger partial charge in [-0.1, -0.05) is 6.92 Å². The van der Waals surface area contributed by atoms with Crippen LogP contribution in [-0.4, -0.2) is 19.6 Å². The quantitative estimate of drug-likeness (QED) is 0.757. The van der Waals surface area contributed by atoms with Crippen LogP contribution in [0.15, 0.2) is 18.2 Å². The van der Waals surface area contributed by atoms with Crippen molar-refractivity contribution in [2.24, 2.45) is 0 Å².